The first kappa shape index (κ1) is 18.9. The van der Waals surface area contributed by atoms with Crippen molar-refractivity contribution < 1.29 is 14.2 Å². The molecule has 1 aliphatic heterocycles. The van der Waals surface area contributed by atoms with Crippen molar-refractivity contribution in [3.8, 4) is 34.4 Å². The van der Waals surface area contributed by atoms with Crippen molar-refractivity contribution in [2.45, 2.75) is 24.9 Å². The molecule has 1 atom stereocenters. The second-order valence-electron chi connectivity index (χ2n) is 8.21. The van der Waals surface area contributed by atoms with Crippen LogP contribution in [0, 0.1) is 0 Å². The number of nitrogens with zero attached hydrogens (tertiary/aromatic N) is 4. The van der Waals surface area contributed by atoms with Gasteiger partial charge in [0.15, 0.2) is 11.9 Å². The fraction of sp³-hybridized carbons (Fsp3) is 0.240. The molecular weight excluding hydrogens is 404 g/mol. The summed E-state index contributed by atoms with van der Waals surface area (Å²) in [6.07, 6.45) is 9.45. The molecule has 4 heterocycles. The Hall–Kier alpha value is -3.87. The van der Waals surface area contributed by atoms with Crippen LogP contribution in [0.25, 0.3) is 11.3 Å². The second-order valence-corrected chi connectivity index (χ2v) is 8.21. The summed E-state index contributed by atoms with van der Waals surface area (Å²) in [7, 11) is 1.87. The first-order valence-electron chi connectivity index (χ1n) is 10.7. The Bertz CT molecular complexity index is 1260. The second kappa shape index (κ2) is 7.67. The fourth-order valence-electron chi connectivity index (χ4n) is 3.89. The normalized spacial score (nSPS) is 17.2. The lowest BCUT2D eigenvalue weighted by molar-refractivity contribution is 0.0858. The summed E-state index contributed by atoms with van der Waals surface area (Å²) < 4.78 is 19.9. The molecule has 3 aromatic heterocycles. The van der Waals surface area contributed by atoms with Gasteiger partial charge in [0.2, 0.25) is 0 Å². The van der Waals surface area contributed by atoms with E-state index in [2.05, 4.69) is 39.3 Å². The van der Waals surface area contributed by atoms with Crippen molar-refractivity contribution in [1.82, 2.24) is 19.7 Å². The smallest absolute Gasteiger partial charge is 0.257 e. The van der Waals surface area contributed by atoms with E-state index < -0.39 is 0 Å². The highest BCUT2D eigenvalue weighted by Crippen LogP contribution is 2.41. The maximum atomic E-state index is 6.22. The molecule has 1 fully saturated rings. The van der Waals surface area contributed by atoms with Crippen molar-refractivity contribution in [1.29, 1.82) is 0 Å². The Morgan fingerprint density at radius 3 is 2.59 bits per heavy atom. The highest BCUT2D eigenvalue weighted by Gasteiger charge is 2.26. The molecule has 0 radical (unpaired) electrons. The largest absolute Gasteiger partial charge is 0.476 e. The molecule has 0 spiro atoms. The van der Waals surface area contributed by atoms with Gasteiger partial charge in [-0.1, -0.05) is 24.3 Å². The molecule has 2 aliphatic rings. The number of hydrogen-bond donors (Lipinski definition) is 0. The summed E-state index contributed by atoms with van der Waals surface area (Å²) in [5, 5.41) is 4.20. The minimum atomic E-state index is -0.175. The van der Waals surface area contributed by atoms with Crippen LogP contribution in [0.5, 0.6) is 23.1 Å². The highest BCUT2D eigenvalue weighted by molar-refractivity contribution is 5.59. The Morgan fingerprint density at radius 1 is 0.969 bits per heavy atom. The lowest BCUT2D eigenvalue weighted by Crippen LogP contribution is -2.22. The van der Waals surface area contributed by atoms with Gasteiger partial charge in [0.1, 0.15) is 18.1 Å². The van der Waals surface area contributed by atoms with E-state index >= 15 is 0 Å². The van der Waals surface area contributed by atoms with Gasteiger partial charge in [0.05, 0.1) is 18.1 Å². The summed E-state index contributed by atoms with van der Waals surface area (Å²) >= 11 is 0. The van der Waals surface area contributed by atoms with Crippen LogP contribution < -0.4 is 14.2 Å². The van der Waals surface area contributed by atoms with Crippen LogP contribution in [-0.2, 0) is 7.05 Å². The average Bonchev–Trinajstić information content (AvgIpc) is 3.59. The zero-order valence-electron chi connectivity index (χ0n) is 17.6. The van der Waals surface area contributed by atoms with Crippen molar-refractivity contribution in [2.75, 3.05) is 6.61 Å². The number of ether oxygens (including phenoxy) is 3. The first-order valence-corrected chi connectivity index (χ1v) is 10.7. The van der Waals surface area contributed by atoms with E-state index in [9.17, 15) is 0 Å². The lowest BCUT2D eigenvalue weighted by Gasteiger charge is -2.26. The van der Waals surface area contributed by atoms with Gasteiger partial charge in [-0.05, 0) is 36.0 Å². The minimum Gasteiger partial charge on any atom is -0.476 e. The molecule has 7 nitrogen and oxygen atoms in total. The third-order valence-corrected chi connectivity index (χ3v) is 5.76. The van der Waals surface area contributed by atoms with Gasteiger partial charge in [0.25, 0.3) is 5.88 Å². The molecule has 7 heteroatoms. The van der Waals surface area contributed by atoms with Gasteiger partial charge in [-0.2, -0.15) is 5.10 Å². The maximum absolute atomic E-state index is 6.22. The van der Waals surface area contributed by atoms with Gasteiger partial charge in [-0.25, -0.2) is 4.98 Å². The van der Waals surface area contributed by atoms with Crippen LogP contribution in [0.15, 0.2) is 67.3 Å². The molecule has 160 valence electrons. The molecule has 4 aromatic rings. The van der Waals surface area contributed by atoms with Gasteiger partial charge < -0.3 is 14.2 Å². The number of rotatable bonds is 5. The van der Waals surface area contributed by atoms with Crippen molar-refractivity contribution in [3.63, 3.8) is 0 Å². The molecular formula is C25H22N4O3. The van der Waals surface area contributed by atoms with Crippen LogP contribution in [-0.4, -0.2) is 26.4 Å². The average molecular weight is 426 g/mol. The third kappa shape index (κ3) is 3.77. The van der Waals surface area contributed by atoms with E-state index in [-0.39, 0.29) is 6.10 Å². The van der Waals surface area contributed by atoms with E-state index in [4.69, 9.17) is 14.2 Å². The lowest BCUT2D eigenvalue weighted by atomic mass is 10.0. The molecule has 0 bridgehead atoms. The summed E-state index contributed by atoms with van der Waals surface area (Å²) in [5.41, 5.74) is 4.22. The van der Waals surface area contributed by atoms with E-state index in [1.54, 1.807) is 29.3 Å². The molecule has 32 heavy (non-hydrogen) atoms. The number of aryl methyl sites for hydroxylation is 1. The fourth-order valence-corrected chi connectivity index (χ4v) is 3.89. The number of hydrogen-bond acceptors (Lipinski definition) is 6. The SMILES string of the molecule is Cn1cc(-c2cc(Oc3cnc4c(c3)O[C@H](c3ccc(C5CC5)cc3)CO4)ccn2)cn1. The molecule has 0 N–H and O–H groups in total. The quantitative estimate of drug-likeness (QED) is 0.444. The summed E-state index contributed by atoms with van der Waals surface area (Å²) in [4.78, 5) is 8.78. The Morgan fingerprint density at radius 2 is 1.81 bits per heavy atom. The van der Waals surface area contributed by atoms with Gasteiger partial charge >= 0.3 is 0 Å². The van der Waals surface area contributed by atoms with Crippen LogP contribution in [0.4, 0.5) is 0 Å². The summed E-state index contributed by atoms with van der Waals surface area (Å²) in [5.74, 6) is 3.02. The van der Waals surface area contributed by atoms with Crippen LogP contribution in [0.1, 0.15) is 36.0 Å². The Balaban J connectivity index is 1.20. The van der Waals surface area contributed by atoms with Gasteiger partial charge in [-0.15, -0.1) is 0 Å². The number of fused-ring (bicyclic) bond motifs is 1. The molecule has 6 rings (SSSR count). The monoisotopic (exact) mass is 426 g/mol. The van der Waals surface area contributed by atoms with Crippen molar-refractivity contribution in [3.05, 3.63) is 78.4 Å². The Kier molecular flexibility index (Phi) is 4.52. The zero-order valence-corrected chi connectivity index (χ0v) is 17.6. The standard InChI is InChI=1S/C25H22N4O3/c1-29-14-19(12-28-29)22-10-20(8-9-26-22)31-21-11-23-25(27-13-21)30-15-24(32-23)18-6-4-17(5-7-18)16-2-3-16/h4-14,16,24H,2-3,15H2,1H3/t24-/m0/s1. The molecule has 1 aromatic carbocycles. The molecule has 0 saturated heterocycles. The third-order valence-electron chi connectivity index (χ3n) is 5.76. The summed E-state index contributed by atoms with van der Waals surface area (Å²) in [6.45, 7) is 0.432. The molecule has 1 saturated carbocycles. The van der Waals surface area contributed by atoms with Gasteiger partial charge in [-0.3, -0.25) is 9.67 Å². The highest BCUT2D eigenvalue weighted by atomic mass is 16.6. The summed E-state index contributed by atoms with van der Waals surface area (Å²) in [6, 6.07) is 14.2. The minimum absolute atomic E-state index is 0.175. The first-order chi connectivity index (χ1) is 15.7. The predicted molar refractivity (Wildman–Crippen MR) is 118 cm³/mol. The van der Waals surface area contributed by atoms with E-state index in [0.717, 1.165) is 22.7 Å². The van der Waals surface area contributed by atoms with E-state index in [1.807, 2.05) is 25.4 Å². The topological polar surface area (TPSA) is 71.3 Å². The van der Waals surface area contributed by atoms with E-state index in [0.29, 0.717) is 29.7 Å². The maximum Gasteiger partial charge on any atom is 0.257 e. The number of benzene rings is 1. The molecule has 0 unspecified atom stereocenters. The molecule has 1 aliphatic carbocycles. The Labute approximate surface area is 185 Å². The van der Waals surface area contributed by atoms with Crippen LogP contribution in [0.3, 0.4) is 0 Å². The van der Waals surface area contributed by atoms with Crippen molar-refractivity contribution >= 4 is 0 Å². The van der Waals surface area contributed by atoms with E-state index in [1.165, 1.54) is 18.4 Å². The zero-order chi connectivity index (χ0) is 21.5. The predicted octanol–water partition coefficient (Wildman–Crippen LogP) is 5.06. The molecule has 0 amide bonds. The van der Waals surface area contributed by atoms with Crippen LogP contribution >= 0.6 is 0 Å². The number of aromatic nitrogens is 4. The van der Waals surface area contributed by atoms with Crippen LogP contribution in [0.2, 0.25) is 0 Å². The number of pyridine rings is 2. The van der Waals surface area contributed by atoms with Gasteiger partial charge in [0, 0.05) is 37.1 Å². The van der Waals surface area contributed by atoms with Crippen molar-refractivity contribution in [2.24, 2.45) is 7.05 Å².